The van der Waals surface area contributed by atoms with Gasteiger partial charge in [0, 0.05) is 38.5 Å². The van der Waals surface area contributed by atoms with Gasteiger partial charge in [0.15, 0.2) is 18.5 Å². The molecule has 105 heavy (non-hydrogen) atoms. The van der Waals surface area contributed by atoms with Crippen LogP contribution in [0.15, 0.2) is 113 Å². The highest BCUT2D eigenvalue weighted by Crippen LogP contribution is 2.45. The van der Waals surface area contributed by atoms with Gasteiger partial charge < -0.3 is 114 Å². The summed E-state index contributed by atoms with van der Waals surface area (Å²) in [4.78, 5) is 157. The Morgan fingerprint density at radius 2 is 1.28 bits per heavy atom. The van der Waals surface area contributed by atoms with Crippen LogP contribution < -0.4 is 59.3 Å². The molecule has 0 radical (unpaired) electrons. The molecule has 0 bridgehead atoms. The van der Waals surface area contributed by atoms with Crippen LogP contribution >= 0.6 is 23.5 Å². The Kier molecular flexibility index (Phi) is 29.7. The second kappa shape index (κ2) is 38.5. The van der Waals surface area contributed by atoms with Gasteiger partial charge in [0.2, 0.25) is 58.3 Å². The molecule has 20 N–H and O–H groups in total. The van der Waals surface area contributed by atoms with Crippen molar-refractivity contribution in [3.05, 3.63) is 120 Å². The summed E-state index contributed by atoms with van der Waals surface area (Å²) in [7, 11) is 0. The van der Waals surface area contributed by atoms with Gasteiger partial charge in [0.05, 0.1) is 43.6 Å². The van der Waals surface area contributed by atoms with Gasteiger partial charge in [-0.05, 0) is 71.5 Å². The summed E-state index contributed by atoms with van der Waals surface area (Å²) in [5.74, 6) is -9.95. The first-order chi connectivity index (χ1) is 50.2. The van der Waals surface area contributed by atoms with E-state index in [1.165, 1.54) is 35.7 Å². The molecule has 568 valence electrons. The maximum atomic E-state index is 14.9. The third-order valence-electron chi connectivity index (χ3n) is 17.4. The number of carbonyl (C=O) groups excluding carboxylic acids is 11. The molecule has 0 saturated carbocycles. The minimum atomic E-state index is -2.07. The van der Waals surface area contributed by atoms with Gasteiger partial charge in [-0.2, -0.15) is 0 Å². The van der Waals surface area contributed by atoms with Crippen LogP contribution in [0.3, 0.4) is 0 Å². The van der Waals surface area contributed by atoms with E-state index < -0.39 is 195 Å². The molecule has 10 amide bonds. The molecule has 37 heteroatoms. The molecule has 16 atom stereocenters. The van der Waals surface area contributed by atoms with Gasteiger partial charge in [-0.25, -0.2) is 4.79 Å². The monoisotopic (exact) mass is 1500 g/mol. The van der Waals surface area contributed by atoms with E-state index in [1.807, 2.05) is 48.5 Å². The highest BCUT2D eigenvalue weighted by atomic mass is 32.2. The fourth-order valence-corrected chi connectivity index (χ4v) is 14.1. The van der Waals surface area contributed by atoms with Crippen LogP contribution in [-0.4, -0.2) is 260 Å². The second-order valence-electron chi connectivity index (χ2n) is 25.1. The number of aliphatic imine (C=N–C) groups is 1. The number of ether oxygens (including phenoxy) is 4. The topological polar surface area (TPSA) is 542 Å². The molecule has 1 aliphatic carbocycles. The van der Waals surface area contributed by atoms with Crippen molar-refractivity contribution in [2.75, 3.05) is 51.1 Å². The number of aliphatic hydroxyl groups is 6. The fourth-order valence-electron chi connectivity index (χ4n) is 12.1. The number of amides is 10. The molecule has 0 unspecified atom stereocenters. The van der Waals surface area contributed by atoms with Gasteiger partial charge in [-0.1, -0.05) is 91.0 Å². The molecule has 3 fully saturated rings. The Balaban J connectivity index is 0.993. The summed E-state index contributed by atoms with van der Waals surface area (Å²) in [6.45, 7) is -0.695. The van der Waals surface area contributed by atoms with E-state index in [1.54, 1.807) is 42.5 Å². The van der Waals surface area contributed by atoms with Crippen molar-refractivity contribution in [2.24, 2.45) is 16.5 Å². The second-order valence-corrected chi connectivity index (χ2v) is 27.1. The Morgan fingerprint density at radius 3 is 1.91 bits per heavy atom. The number of rotatable bonds is 32. The molecule has 0 aromatic heterocycles. The number of fused-ring (bicyclic) bond motifs is 3. The van der Waals surface area contributed by atoms with Crippen LogP contribution in [-0.2, 0) is 73.3 Å². The molecule has 4 aliphatic rings. The van der Waals surface area contributed by atoms with Gasteiger partial charge in [0.1, 0.15) is 97.3 Å². The number of aromatic hydroxyl groups is 1. The predicted molar refractivity (Wildman–Crippen MR) is 375 cm³/mol. The van der Waals surface area contributed by atoms with Gasteiger partial charge >= 0.3 is 6.09 Å². The first-order valence-electron chi connectivity index (χ1n) is 33.4. The molecule has 35 nitrogen and oxygen atoms in total. The lowest BCUT2D eigenvalue weighted by atomic mass is 9.94. The Labute approximate surface area is 610 Å². The van der Waals surface area contributed by atoms with Crippen LogP contribution in [0.25, 0.3) is 11.1 Å². The van der Waals surface area contributed by atoms with Crippen molar-refractivity contribution >= 4 is 93.9 Å². The number of aliphatic hydroxyl groups excluding tert-OH is 6. The summed E-state index contributed by atoms with van der Waals surface area (Å²) in [5.41, 5.74) is 15.6. The molecule has 3 aliphatic heterocycles. The summed E-state index contributed by atoms with van der Waals surface area (Å²) in [6, 6.07) is 17.2. The maximum Gasteiger partial charge on any atom is 0.411 e. The molecule has 8 rings (SSSR count). The van der Waals surface area contributed by atoms with E-state index in [-0.39, 0.29) is 66.6 Å². The van der Waals surface area contributed by atoms with Gasteiger partial charge in [-0.15, -0.1) is 11.8 Å². The number of nitrogens with one attached hydrogen (secondary N) is 9. The lowest BCUT2D eigenvalue weighted by Gasteiger charge is -2.48. The summed E-state index contributed by atoms with van der Waals surface area (Å²) in [5, 5.41) is 96.2. The molecular formula is C68H87N13O22S2. The standard InChI is InChI=1S/C68H87N13O22S2/c1-33(73-63(97)46-31-104-32-81(46)68(99)100-30-41-39-18-9-7-16-37(39)38-17-8-10-19-40(38)41)59(93)78-43(25-51(88)80-64-53(74-34(2)85)57(92)58(49(29-84)101-64)103-66-54(75-35(3)86)56(91)55(90)48(28-83)102-66)62(96)77-42(20-13-23-71-67(69)70)61(95)79-45(27-82)60(94)72-26-52(89)76-44(24-36-14-5-4-6-15-36)65(98)105-50-22-12-11-21-47(50)87/h4-12,14-19,21-22,33,41-46,48-49,53-58,64,66,82-84,87,90-92H,13,20,23-32H2,1-3H3,(H,72,94)(H,73,97)(H,74,85)(H,75,86)(H,76,89)(H,77,96)(H,78,93)(H,79,95)(H,80,88)(H4,69,70,71)/t33-,42-,43-,44-,45-,46-,48+,49+,53+,54+,55+,56+,57+,58+,64+,66-/m0/s1. The minimum Gasteiger partial charge on any atom is -0.507 e. The van der Waals surface area contributed by atoms with E-state index in [0.29, 0.717) is 17.3 Å². The Morgan fingerprint density at radius 1 is 0.667 bits per heavy atom. The lowest BCUT2D eigenvalue weighted by molar-refractivity contribution is -0.315. The normalized spacial score (nSPS) is 23.2. The number of guanidine groups is 1. The van der Waals surface area contributed by atoms with Crippen molar-refractivity contribution in [1.29, 1.82) is 0 Å². The van der Waals surface area contributed by atoms with Crippen molar-refractivity contribution in [1.82, 2.24) is 52.8 Å². The number of phenols is 1. The van der Waals surface area contributed by atoms with Crippen LogP contribution in [0.1, 0.15) is 62.6 Å². The first-order valence-corrected chi connectivity index (χ1v) is 35.4. The average molecular weight is 1500 g/mol. The van der Waals surface area contributed by atoms with E-state index in [4.69, 9.17) is 30.4 Å². The highest BCUT2D eigenvalue weighted by Gasteiger charge is 2.52. The smallest absolute Gasteiger partial charge is 0.411 e. The zero-order valence-electron chi connectivity index (χ0n) is 57.2. The quantitative estimate of drug-likeness (QED) is 0.00950. The number of phenolic OH excluding ortho intramolecular Hbond substituents is 1. The number of carbonyl (C=O) groups is 11. The number of hydrogen-bond donors (Lipinski definition) is 18. The van der Waals surface area contributed by atoms with E-state index in [0.717, 1.165) is 36.1 Å². The molecular weight excluding hydrogens is 1410 g/mol. The lowest BCUT2D eigenvalue weighted by Crippen LogP contribution is -2.71. The zero-order valence-corrected chi connectivity index (χ0v) is 58.9. The fraction of sp³-hybridized carbons (Fsp3) is 0.471. The number of nitrogens with two attached hydrogens (primary N) is 2. The number of hydrogen-bond acceptors (Lipinski definition) is 25. The van der Waals surface area contributed by atoms with Gasteiger partial charge in [0.25, 0.3) is 0 Å². The third-order valence-corrected chi connectivity index (χ3v) is 19.5. The van der Waals surface area contributed by atoms with E-state index in [9.17, 15) is 88.5 Å². The molecule has 4 aromatic rings. The average Bonchev–Trinajstić information content (AvgIpc) is 1.76. The summed E-state index contributed by atoms with van der Waals surface area (Å²) >= 11 is 1.90. The Hall–Kier alpha value is -9.54. The largest absolute Gasteiger partial charge is 0.507 e. The first kappa shape index (κ1) is 81.1. The van der Waals surface area contributed by atoms with Crippen molar-refractivity contribution in [2.45, 2.75) is 155 Å². The van der Waals surface area contributed by atoms with Crippen molar-refractivity contribution in [3.8, 4) is 16.9 Å². The van der Waals surface area contributed by atoms with Crippen LogP contribution in [0, 0.1) is 0 Å². The number of thioether (sulfide) groups is 2. The number of para-hydroxylation sites is 1. The minimum absolute atomic E-state index is 0.00153. The SMILES string of the molecule is CC(=O)N[C@@H]1[C@@H](O)[C@H](O[C@@H]2O[C@H](CO)[C@@H](O)[C@H](O)[C@H]2NC(C)=O)[C@@H](CO)O[C@H]1NC(=O)C[C@H](NC(=O)[C@H](C)NC(=O)[C@@H]1CSCN1C(=O)OCC1c2ccccc2-c2ccccc21)C(=O)N[C@@H](CCCN=C(N)N)C(=O)N[C@@H](CO)C(=O)NCC(=O)N[C@@H](Cc1ccccc1)C(=O)Sc1ccccc1O. The zero-order chi connectivity index (χ0) is 76.2. The molecule has 3 heterocycles. The predicted octanol–water partition coefficient (Wildman–Crippen LogP) is -4.40. The third kappa shape index (κ3) is 21.8. The van der Waals surface area contributed by atoms with Gasteiger partial charge in [-0.3, -0.25) is 57.8 Å². The molecule has 4 aromatic carbocycles. The van der Waals surface area contributed by atoms with Crippen LogP contribution in [0.5, 0.6) is 5.75 Å². The van der Waals surface area contributed by atoms with Crippen molar-refractivity contribution < 1.29 is 107 Å². The van der Waals surface area contributed by atoms with Crippen molar-refractivity contribution in [3.63, 3.8) is 0 Å². The summed E-state index contributed by atoms with van der Waals surface area (Å²) in [6.07, 6.45) is -16.5. The summed E-state index contributed by atoms with van der Waals surface area (Å²) < 4.78 is 23.5. The highest BCUT2D eigenvalue weighted by molar-refractivity contribution is 8.13. The van der Waals surface area contributed by atoms with Crippen LogP contribution in [0.2, 0.25) is 0 Å². The molecule has 3 saturated heterocycles. The maximum absolute atomic E-state index is 14.9. The van der Waals surface area contributed by atoms with Crippen LogP contribution in [0.4, 0.5) is 4.79 Å². The Bertz CT molecular complexity index is 3740. The van der Waals surface area contributed by atoms with E-state index in [2.05, 4.69) is 52.8 Å². The number of benzene rings is 4. The molecule has 0 spiro atoms. The number of nitrogens with zero attached hydrogens (tertiary/aromatic N) is 2. The van der Waals surface area contributed by atoms with E-state index >= 15 is 0 Å².